The SMILES string of the molecule is CCC1CC(NC)=C(c2cccc(Cl)c2)C1=O. The van der Waals surface area contributed by atoms with Crippen LogP contribution >= 0.6 is 11.6 Å². The number of allylic oxidation sites excluding steroid dienone is 2. The Morgan fingerprint density at radius 3 is 2.82 bits per heavy atom. The minimum Gasteiger partial charge on any atom is -0.391 e. The molecule has 0 saturated carbocycles. The van der Waals surface area contributed by atoms with E-state index in [0.717, 1.165) is 29.7 Å². The molecular weight excluding hydrogens is 234 g/mol. The lowest BCUT2D eigenvalue weighted by Crippen LogP contribution is -2.08. The standard InChI is InChI=1S/C14H16ClNO/c1-3-9-8-12(16-2)13(14(9)17)10-5-4-6-11(15)7-10/h4-7,9,16H,3,8H2,1-2H3. The number of ketones is 1. The van der Waals surface area contributed by atoms with E-state index in [9.17, 15) is 4.79 Å². The summed E-state index contributed by atoms with van der Waals surface area (Å²) in [5, 5.41) is 3.81. The van der Waals surface area contributed by atoms with Gasteiger partial charge in [-0.25, -0.2) is 0 Å². The molecule has 1 atom stereocenters. The topological polar surface area (TPSA) is 29.1 Å². The Kier molecular flexibility index (Phi) is 3.53. The van der Waals surface area contributed by atoms with E-state index in [1.54, 1.807) is 0 Å². The first-order valence-corrected chi connectivity index (χ1v) is 6.26. The van der Waals surface area contributed by atoms with Crippen molar-refractivity contribution in [2.45, 2.75) is 19.8 Å². The molecule has 1 aliphatic rings. The minimum atomic E-state index is 0.117. The van der Waals surface area contributed by atoms with Crippen molar-refractivity contribution in [1.82, 2.24) is 5.32 Å². The monoisotopic (exact) mass is 249 g/mol. The Labute approximate surface area is 107 Å². The van der Waals surface area contributed by atoms with Gasteiger partial charge in [0.2, 0.25) is 0 Å². The van der Waals surface area contributed by atoms with Crippen LogP contribution in [0.4, 0.5) is 0 Å². The first-order valence-electron chi connectivity index (χ1n) is 5.88. The van der Waals surface area contributed by atoms with Crippen molar-refractivity contribution < 1.29 is 4.79 Å². The molecule has 1 aliphatic carbocycles. The van der Waals surface area contributed by atoms with Crippen LogP contribution in [0.15, 0.2) is 30.0 Å². The highest BCUT2D eigenvalue weighted by atomic mass is 35.5. The van der Waals surface area contributed by atoms with Crippen LogP contribution in [0.25, 0.3) is 5.57 Å². The van der Waals surface area contributed by atoms with Gasteiger partial charge < -0.3 is 5.32 Å². The van der Waals surface area contributed by atoms with Gasteiger partial charge in [0, 0.05) is 29.3 Å². The minimum absolute atomic E-state index is 0.117. The van der Waals surface area contributed by atoms with Crippen LogP contribution in [0.1, 0.15) is 25.3 Å². The van der Waals surface area contributed by atoms with Crippen LogP contribution in [-0.2, 0) is 4.79 Å². The van der Waals surface area contributed by atoms with Crippen molar-refractivity contribution in [2.24, 2.45) is 5.92 Å². The Hall–Kier alpha value is -1.28. The Morgan fingerprint density at radius 2 is 2.24 bits per heavy atom. The molecule has 0 aliphatic heterocycles. The molecule has 1 aromatic rings. The normalized spacial score (nSPS) is 19.9. The van der Waals surface area contributed by atoms with E-state index in [2.05, 4.69) is 12.2 Å². The van der Waals surface area contributed by atoms with E-state index >= 15 is 0 Å². The smallest absolute Gasteiger partial charge is 0.168 e. The maximum Gasteiger partial charge on any atom is 0.168 e. The molecule has 2 rings (SSSR count). The number of rotatable bonds is 3. The third-order valence-electron chi connectivity index (χ3n) is 3.28. The highest BCUT2D eigenvalue weighted by molar-refractivity contribution is 6.31. The molecule has 0 amide bonds. The summed E-state index contributed by atoms with van der Waals surface area (Å²) in [4.78, 5) is 12.3. The van der Waals surface area contributed by atoms with Gasteiger partial charge in [-0.05, 0) is 30.5 Å². The van der Waals surface area contributed by atoms with Crippen molar-refractivity contribution >= 4 is 23.0 Å². The number of benzene rings is 1. The lowest BCUT2D eigenvalue weighted by Gasteiger charge is -2.06. The largest absolute Gasteiger partial charge is 0.391 e. The van der Waals surface area contributed by atoms with Gasteiger partial charge >= 0.3 is 0 Å². The fourth-order valence-corrected chi connectivity index (χ4v) is 2.50. The average Bonchev–Trinajstić information content (AvgIpc) is 2.65. The second kappa shape index (κ2) is 4.92. The van der Waals surface area contributed by atoms with Crippen molar-refractivity contribution in [3.05, 3.63) is 40.5 Å². The molecule has 1 N–H and O–H groups in total. The summed E-state index contributed by atoms with van der Waals surface area (Å²) in [5.41, 5.74) is 2.76. The van der Waals surface area contributed by atoms with E-state index in [0.29, 0.717) is 5.02 Å². The zero-order valence-electron chi connectivity index (χ0n) is 10.1. The third-order valence-corrected chi connectivity index (χ3v) is 3.51. The third kappa shape index (κ3) is 2.22. The van der Waals surface area contributed by atoms with Crippen molar-refractivity contribution in [2.75, 3.05) is 7.05 Å². The highest BCUT2D eigenvalue weighted by Crippen LogP contribution is 2.35. The molecule has 1 unspecified atom stereocenters. The summed E-state index contributed by atoms with van der Waals surface area (Å²) in [6.07, 6.45) is 1.70. The van der Waals surface area contributed by atoms with Gasteiger partial charge in [-0.2, -0.15) is 0 Å². The number of halogens is 1. The first kappa shape index (κ1) is 12.2. The summed E-state index contributed by atoms with van der Waals surface area (Å²) in [5.74, 6) is 0.352. The maximum atomic E-state index is 12.3. The van der Waals surface area contributed by atoms with Gasteiger partial charge in [0.25, 0.3) is 0 Å². The van der Waals surface area contributed by atoms with Crippen LogP contribution in [-0.4, -0.2) is 12.8 Å². The lowest BCUT2D eigenvalue weighted by atomic mass is 9.97. The Bertz CT molecular complexity index is 479. The molecule has 90 valence electrons. The van der Waals surface area contributed by atoms with Gasteiger partial charge in [-0.3, -0.25) is 4.79 Å². The molecule has 3 heteroatoms. The van der Waals surface area contributed by atoms with Gasteiger partial charge in [0.15, 0.2) is 5.78 Å². The zero-order valence-corrected chi connectivity index (χ0v) is 10.8. The van der Waals surface area contributed by atoms with E-state index < -0.39 is 0 Å². The molecule has 0 aromatic heterocycles. The summed E-state index contributed by atoms with van der Waals surface area (Å²) in [6, 6.07) is 7.49. The Morgan fingerprint density at radius 1 is 1.47 bits per heavy atom. The number of hydrogen-bond donors (Lipinski definition) is 1. The van der Waals surface area contributed by atoms with Crippen LogP contribution in [0, 0.1) is 5.92 Å². The molecule has 0 saturated heterocycles. The van der Waals surface area contributed by atoms with Crippen LogP contribution in [0.2, 0.25) is 5.02 Å². The average molecular weight is 250 g/mol. The fraction of sp³-hybridized carbons (Fsp3) is 0.357. The van der Waals surface area contributed by atoms with Crippen LogP contribution in [0.5, 0.6) is 0 Å². The molecule has 0 spiro atoms. The molecule has 17 heavy (non-hydrogen) atoms. The number of carbonyl (C=O) groups is 1. The first-order chi connectivity index (χ1) is 8.17. The van der Waals surface area contributed by atoms with Gasteiger partial charge in [-0.1, -0.05) is 30.7 Å². The van der Waals surface area contributed by atoms with E-state index in [1.807, 2.05) is 31.3 Å². The summed E-state index contributed by atoms with van der Waals surface area (Å²) in [7, 11) is 1.87. The second-order valence-electron chi connectivity index (χ2n) is 4.29. The number of nitrogens with one attached hydrogen (secondary N) is 1. The van der Waals surface area contributed by atoms with E-state index in [4.69, 9.17) is 11.6 Å². The van der Waals surface area contributed by atoms with E-state index in [1.165, 1.54) is 0 Å². The Balaban J connectivity index is 2.45. The van der Waals surface area contributed by atoms with Crippen LogP contribution in [0.3, 0.4) is 0 Å². The van der Waals surface area contributed by atoms with Crippen LogP contribution < -0.4 is 5.32 Å². The summed E-state index contributed by atoms with van der Waals surface area (Å²) < 4.78 is 0. The summed E-state index contributed by atoms with van der Waals surface area (Å²) >= 11 is 5.98. The number of Topliss-reactive ketones (excluding diaryl/α,β-unsaturated/α-hetero) is 1. The van der Waals surface area contributed by atoms with Gasteiger partial charge in [0.05, 0.1) is 0 Å². The quantitative estimate of drug-likeness (QED) is 0.891. The predicted molar refractivity (Wildman–Crippen MR) is 70.8 cm³/mol. The predicted octanol–water partition coefficient (Wildman–Crippen LogP) is 3.27. The van der Waals surface area contributed by atoms with Gasteiger partial charge in [-0.15, -0.1) is 0 Å². The van der Waals surface area contributed by atoms with Crippen molar-refractivity contribution in [3.8, 4) is 0 Å². The summed E-state index contributed by atoms with van der Waals surface area (Å²) in [6.45, 7) is 2.05. The molecule has 2 nitrogen and oxygen atoms in total. The van der Waals surface area contributed by atoms with E-state index in [-0.39, 0.29) is 11.7 Å². The van der Waals surface area contributed by atoms with Crippen molar-refractivity contribution in [3.63, 3.8) is 0 Å². The lowest BCUT2D eigenvalue weighted by molar-refractivity contribution is -0.116. The highest BCUT2D eigenvalue weighted by Gasteiger charge is 2.32. The number of carbonyl (C=O) groups excluding carboxylic acids is 1. The molecule has 0 radical (unpaired) electrons. The van der Waals surface area contributed by atoms with Gasteiger partial charge in [0.1, 0.15) is 0 Å². The zero-order chi connectivity index (χ0) is 12.4. The fourth-order valence-electron chi connectivity index (χ4n) is 2.31. The maximum absolute atomic E-state index is 12.3. The molecule has 0 fully saturated rings. The molecule has 0 heterocycles. The number of hydrogen-bond acceptors (Lipinski definition) is 2. The second-order valence-corrected chi connectivity index (χ2v) is 4.72. The molecule has 1 aromatic carbocycles. The molecular formula is C14H16ClNO. The molecule has 0 bridgehead atoms. The van der Waals surface area contributed by atoms with Crippen molar-refractivity contribution in [1.29, 1.82) is 0 Å².